The van der Waals surface area contributed by atoms with Crippen LogP contribution < -0.4 is 5.32 Å². The average molecular weight is 502 g/mol. The van der Waals surface area contributed by atoms with Crippen LogP contribution in [0.1, 0.15) is 16.2 Å². The van der Waals surface area contributed by atoms with Crippen molar-refractivity contribution in [2.24, 2.45) is 0 Å². The first-order chi connectivity index (χ1) is 14.4. The van der Waals surface area contributed by atoms with Crippen molar-refractivity contribution in [1.82, 2.24) is 14.8 Å². The molecule has 0 bridgehead atoms. The van der Waals surface area contributed by atoms with Gasteiger partial charge in [0.05, 0.1) is 5.69 Å². The summed E-state index contributed by atoms with van der Waals surface area (Å²) < 4.78 is 2.57. The summed E-state index contributed by atoms with van der Waals surface area (Å²) in [6.45, 7) is 1.90. The zero-order valence-corrected chi connectivity index (χ0v) is 18.8. The second-order valence-corrected chi connectivity index (χ2v) is 8.33. The van der Waals surface area contributed by atoms with Crippen LogP contribution in [0.2, 0.25) is 10.0 Å². The fourth-order valence-corrected chi connectivity index (χ4v) is 3.38. The third-order valence-corrected chi connectivity index (χ3v) is 5.60. The molecule has 1 N–H and O–H groups in total. The quantitative estimate of drug-likeness (QED) is 0.344. The number of hydrogen-bond acceptors (Lipinski definition) is 3. The highest BCUT2D eigenvalue weighted by molar-refractivity contribution is 9.10. The molecule has 0 spiro atoms. The average Bonchev–Trinajstić information content (AvgIpc) is 3.17. The highest BCUT2D eigenvalue weighted by Gasteiger charge is 2.19. The summed E-state index contributed by atoms with van der Waals surface area (Å²) in [4.78, 5) is 17.3. The van der Waals surface area contributed by atoms with E-state index in [0.29, 0.717) is 21.6 Å². The van der Waals surface area contributed by atoms with Crippen LogP contribution in [0.15, 0.2) is 71.2 Å². The number of carbonyl (C=O) groups is 1. The van der Waals surface area contributed by atoms with Gasteiger partial charge >= 0.3 is 0 Å². The molecule has 0 fully saturated rings. The highest BCUT2D eigenvalue weighted by atomic mass is 79.9. The van der Waals surface area contributed by atoms with Gasteiger partial charge in [-0.1, -0.05) is 45.2 Å². The van der Waals surface area contributed by atoms with Crippen molar-refractivity contribution in [1.29, 1.82) is 0 Å². The summed E-state index contributed by atoms with van der Waals surface area (Å²) in [5.74, 6) is 0.140. The molecule has 8 heteroatoms. The zero-order chi connectivity index (χ0) is 21.3. The summed E-state index contributed by atoms with van der Waals surface area (Å²) in [7, 11) is 0. The minimum absolute atomic E-state index is 0.0413. The molecule has 0 aliphatic carbocycles. The van der Waals surface area contributed by atoms with E-state index in [4.69, 9.17) is 23.2 Å². The van der Waals surface area contributed by atoms with Gasteiger partial charge in [0.1, 0.15) is 0 Å². The van der Waals surface area contributed by atoms with Gasteiger partial charge in [0.2, 0.25) is 5.82 Å². The maximum atomic E-state index is 12.8. The molecule has 0 atom stereocenters. The molecule has 4 aromatic rings. The Labute approximate surface area is 191 Å². The number of rotatable bonds is 4. The number of amides is 1. The van der Waals surface area contributed by atoms with E-state index >= 15 is 0 Å². The molecule has 0 saturated heterocycles. The van der Waals surface area contributed by atoms with E-state index < -0.39 is 5.91 Å². The Morgan fingerprint density at radius 3 is 2.37 bits per heavy atom. The minimum atomic E-state index is -0.430. The number of halogens is 3. The predicted molar refractivity (Wildman–Crippen MR) is 124 cm³/mol. The van der Waals surface area contributed by atoms with E-state index in [1.54, 1.807) is 28.9 Å². The lowest BCUT2D eigenvalue weighted by Crippen LogP contribution is -2.14. The lowest BCUT2D eigenvalue weighted by Gasteiger charge is -2.06. The minimum Gasteiger partial charge on any atom is -0.319 e. The van der Waals surface area contributed by atoms with Crippen LogP contribution in [0, 0.1) is 6.92 Å². The van der Waals surface area contributed by atoms with Gasteiger partial charge in [-0.3, -0.25) is 4.79 Å². The highest BCUT2D eigenvalue weighted by Crippen LogP contribution is 2.25. The number of aryl methyl sites for hydroxylation is 1. The maximum absolute atomic E-state index is 12.8. The fraction of sp³-hybridized carbons (Fsp3) is 0.0455. The summed E-state index contributed by atoms with van der Waals surface area (Å²) in [5, 5.41) is 8.44. The van der Waals surface area contributed by atoms with Gasteiger partial charge in [0.15, 0.2) is 5.82 Å². The van der Waals surface area contributed by atoms with Crippen LogP contribution in [-0.4, -0.2) is 20.7 Å². The number of benzene rings is 3. The summed E-state index contributed by atoms with van der Waals surface area (Å²) >= 11 is 15.6. The second kappa shape index (κ2) is 8.60. The van der Waals surface area contributed by atoms with Gasteiger partial charge in [0, 0.05) is 25.8 Å². The van der Waals surface area contributed by atoms with Crippen molar-refractivity contribution >= 4 is 50.7 Å². The molecule has 3 aromatic carbocycles. The molecule has 150 valence electrons. The molecule has 0 aliphatic heterocycles. The van der Waals surface area contributed by atoms with Crippen LogP contribution in [0.5, 0.6) is 0 Å². The van der Waals surface area contributed by atoms with Crippen LogP contribution in [0.3, 0.4) is 0 Å². The van der Waals surface area contributed by atoms with Crippen LogP contribution in [-0.2, 0) is 0 Å². The Kier molecular flexibility index (Phi) is 5.90. The third kappa shape index (κ3) is 4.41. The first-order valence-electron chi connectivity index (χ1n) is 8.97. The van der Waals surface area contributed by atoms with Crippen molar-refractivity contribution in [3.63, 3.8) is 0 Å². The van der Waals surface area contributed by atoms with E-state index in [2.05, 4.69) is 31.3 Å². The molecular weight excluding hydrogens is 487 g/mol. The lowest BCUT2D eigenvalue weighted by molar-refractivity contribution is 0.101. The van der Waals surface area contributed by atoms with E-state index in [9.17, 15) is 4.79 Å². The Morgan fingerprint density at radius 1 is 1.00 bits per heavy atom. The van der Waals surface area contributed by atoms with Gasteiger partial charge < -0.3 is 5.32 Å². The van der Waals surface area contributed by atoms with Crippen LogP contribution >= 0.6 is 39.1 Å². The van der Waals surface area contributed by atoms with E-state index in [1.807, 2.05) is 49.4 Å². The Bertz CT molecular complexity index is 1160. The van der Waals surface area contributed by atoms with Crippen molar-refractivity contribution in [2.45, 2.75) is 6.92 Å². The number of nitrogens with one attached hydrogen (secondary N) is 1. The van der Waals surface area contributed by atoms with Gasteiger partial charge in [-0.2, -0.15) is 0 Å². The number of anilines is 1. The summed E-state index contributed by atoms with van der Waals surface area (Å²) in [6.07, 6.45) is 0. The second-order valence-electron chi connectivity index (χ2n) is 6.57. The standard InChI is InChI=1S/C22H15BrCl2N4O/c1-13-2-9-17(12-19(13)25)26-22(30)20-27-21(14-3-7-16(24)8-4-14)29(28-20)18-10-5-15(23)6-11-18/h2-12H,1H3,(H,26,30). The fourth-order valence-electron chi connectivity index (χ4n) is 2.81. The molecule has 30 heavy (non-hydrogen) atoms. The van der Waals surface area contributed by atoms with Crippen LogP contribution in [0.25, 0.3) is 17.1 Å². The molecule has 0 saturated carbocycles. The SMILES string of the molecule is Cc1ccc(NC(=O)c2nc(-c3ccc(Cl)cc3)n(-c3ccc(Br)cc3)n2)cc1Cl. The summed E-state index contributed by atoms with van der Waals surface area (Å²) in [5.41, 5.74) is 3.06. The van der Waals surface area contributed by atoms with Crippen LogP contribution in [0.4, 0.5) is 5.69 Å². The molecule has 4 rings (SSSR count). The van der Waals surface area contributed by atoms with Gasteiger partial charge in [-0.05, 0) is 73.2 Å². The number of hydrogen-bond donors (Lipinski definition) is 1. The Hall–Kier alpha value is -2.67. The van der Waals surface area contributed by atoms with Crippen molar-refractivity contribution in [2.75, 3.05) is 5.32 Å². The normalized spacial score (nSPS) is 10.8. The molecule has 1 amide bonds. The number of nitrogens with zero attached hydrogens (tertiary/aromatic N) is 3. The van der Waals surface area contributed by atoms with Crippen molar-refractivity contribution < 1.29 is 4.79 Å². The van der Waals surface area contributed by atoms with E-state index in [0.717, 1.165) is 21.3 Å². The van der Waals surface area contributed by atoms with Gasteiger partial charge in [-0.15, -0.1) is 5.10 Å². The monoisotopic (exact) mass is 500 g/mol. The molecule has 5 nitrogen and oxygen atoms in total. The van der Waals surface area contributed by atoms with Crippen molar-refractivity contribution in [3.8, 4) is 17.1 Å². The molecule has 0 aliphatic rings. The predicted octanol–water partition coefficient (Wildman–Crippen LogP) is 6.56. The van der Waals surface area contributed by atoms with Gasteiger partial charge in [0.25, 0.3) is 5.91 Å². The topological polar surface area (TPSA) is 59.8 Å². The zero-order valence-electron chi connectivity index (χ0n) is 15.7. The number of aromatic nitrogens is 3. The smallest absolute Gasteiger partial charge is 0.295 e. The first-order valence-corrected chi connectivity index (χ1v) is 10.5. The lowest BCUT2D eigenvalue weighted by atomic mass is 10.2. The van der Waals surface area contributed by atoms with Crippen molar-refractivity contribution in [3.05, 3.63) is 92.6 Å². The van der Waals surface area contributed by atoms with Gasteiger partial charge in [-0.25, -0.2) is 9.67 Å². The molecule has 0 radical (unpaired) electrons. The van der Waals surface area contributed by atoms with E-state index in [-0.39, 0.29) is 5.82 Å². The molecule has 1 heterocycles. The largest absolute Gasteiger partial charge is 0.319 e. The number of carbonyl (C=O) groups excluding carboxylic acids is 1. The molecule has 1 aromatic heterocycles. The third-order valence-electron chi connectivity index (χ3n) is 4.41. The molecular formula is C22H15BrCl2N4O. The Morgan fingerprint density at radius 2 is 1.70 bits per heavy atom. The molecule has 0 unspecified atom stereocenters. The first kappa shape index (κ1) is 20.6. The Balaban J connectivity index is 1.74. The maximum Gasteiger partial charge on any atom is 0.295 e. The van der Waals surface area contributed by atoms with E-state index in [1.165, 1.54) is 0 Å². The summed E-state index contributed by atoms with van der Waals surface area (Å²) in [6, 6.07) is 20.1.